The van der Waals surface area contributed by atoms with Crippen molar-refractivity contribution in [1.29, 1.82) is 0 Å². The molecule has 0 saturated heterocycles. The number of aliphatic hydroxyl groups is 2. The Hall–Kier alpha value is -2.12. The van der Waals surface area contributed by atoms with Gasteiger partial charge < -0.3 is 30.3 Å². The van der Waals surface area contributed by atoms with Gasteiger partial charge in [-0.3, -0.25) is 0 Å². The normalized spacial score (nSPS) is 13.7. The highest BCUT2D eigenvalue weighted by Gasteiger charge is 2.23. The number of hydrogen-bond acceptors (Lipinski definition) is 6. The molecule has 0 aliphatic heterocycles. The molecule has 0 fully saturated rings. The molecule has 0 amide bonds. The molecule has 0 saturated carbocycles. The molecule has 4 N–H and O–H groups in total. The van der Waals surface area contributed by atoms with Gasteiger partial charge in [0.15, 0.2) is 0 Å². The van der Waals surface area contributed by atoms with Crippen molar-refractivity contribution in [3.8, 4) is 11.5 Å². The van der Waals surface area contributed by atoms with Crippen molar-refractivity contribution in [2.75, 3.05) is 40.4 Å². The minimum atomic E-state index is -0.531. The first-order chi connectivity index (χ1) is 13.9. The van der Waals surface area contributed by atoms with E-state index < -0.39 is 12.2 Å². The zero-order valence-electron chi connectivity index (χ0n) is 17.8. The van der Waals surface area contributed by atoms with Crippen molar-refractivity contribution >= 4 is 0 Å². The molecule has 6 heteroatoms. The van der Waals surface area contributed by atoms with E-state index in [0.29, 0.717) is 13.1 Å². The SMILES string of the molecule is CNCC(O)COc1ccc(C(C)(C)c2ccc(OCC(O)CNC)cc2)cc1. The lowest BCUT2D eigenvalue weighted by atomic mass is 9.78. The Balaban J connectivity index is 1.98. The van der Waals surface area contributed by atoms with Gasteiger partial charge in [-0.05, 0) is 49.5 Å². The number of benzene rings is 2. The first kappa shape index (κ1) is 23.2. The van der Waals surface area contributed by atoms with Crippen LogP contribution in [0.5, 0.6) is 11.5 Å². The molecule has 160 valence electrons. The van der Waals surface area contributed by atoms with E-state index in [1.54, 1.807) is 14.1 Å². The van der Waals surface area contributed by atoms with Gasteiger partial charge in [-0.2, -0.15) is 0 Å². The van der Waals surface area contributed by atoms with Crippen molar-refractivity contribution in [1.82, 2.24) is 10.6 Å². The monoisotopic (exact) mass is 402 g/mol. The summed E-state index contributed by atoms with van der Waals surface area (Å²) < 4.78 is 11.3. The van der Waals surface area contributed by atoms with E-state index in [4.69, 9.17) is 9.47 Å². The van der Waals surface area contributed by atoms with Crippen LogP contribution in [0.4, 0.5) is 0 Å². The van der Waals surface area contributed by atoms with Crippen LogP contribution in [0.3, 0.4) is 0 Å². The molecule has 0 radical (unpaired) electrons. The molecule has 0 spiro atoms. The van der Waals surface area contributed by atoms with Crippen LogP contribution >= 0.6 is 0 Å². The van der Waals surface area contributed by atoms with Crippen molar-refractivity contribution < 1.29 is 19.7 Å². The Bertz CT molecular complexity index is 655. The number of hydrogen-bond donors (Lipinski definition) is 4. The average Bonchev–Trinajstić information content (AvgIpc) is 2.72. The highest BCUT2D eigenvalue weighted by atomic mass is 16.5. The fourth-order valence-electron chi connectivity index (χ4n) is 3.08. The maximum absolute atomic E-state index is 9.75. The third-order valence-corrected chi connectivity index (χ3v) is 4.92. The third kappa shape index (κ3) is 7.01. The second-order valence-electron chi connectivity index (χ2n) is 7.72. The Morgan fingerprint density at radius 2 is 1.07 bits per heavy atom. The maximum Gasteiger partial charge on any atom is 0.119 e. The standard InChI is InChI=1S/C23H34N2O4/c1-23(2,17-5-9-21(10-6-17)28-15-19(26)13-24-3)18-7-11-22(12-8-18)29-16-20(27)14-25-4/h5-12,19-20,24-27H,13-16H2,1-4H3. The first-order valence-corrected chi connectivity index (χ1v) is 9.98. The first-order valence-electron chi connectivity index (χ1n) is 9.98. The second-order valence-corrected chi connectivity index (χ2v) is 7.72. The van der Waals surface area contributed by atoms with Gasteiger partial charge in [0.25, 0.3) is 0 Å². The molecule has 2 unspecified atom stereocenters. The fraction of sp³-hybridized carbons (Fsp3) is 0.478. The van der Waals surface area contributed by atoms with Gasteiger partial charge in [0.05, 0.1) is 0 Å². The summed E-state index contributed by atoms with van der Waals surface area (Å²) in [6, 6.07) is 16.0. The summed E-state index contributed by atoms with van der Waals surface area (Å²) in [5, 5.41) is 25.3. The number of aliphatic hydroxyl groups excluding tert-OH is 2. The van der Waals surface area contributed by atoms with Crippen LogP contribution in [0, 0.1) is 0 Å². The van der Waals surface area contributed by atoms with E-state index in [-0.39, 0.29) is 18.6 Å². The van der Waals surface area contributed by atoms with Crippen LogP contribution < -0.4 is 20.1 Å². The van der Waals surface area contributed by atoms with Gasteiger partial charge in [0.1, 0.15) is 36.9 Å². The molecule has 0 aliphatic rings. The van der Waals surface area contributed by atoms with Crippen molar-refractivity contribution in [3.05, 3.63) is 59.7 Å². The van der Waals surface area contributed by atoms with Crippen LogP contribution in [-0.4, -0.2) is 62.8 Å². The van der Waals surface area contributed by atoms with E-state index in [1.165, 1.54) is 11.1 Å². The van der Waals surface area contributed by atoms with E-state index in [1.807, 2.05) is 24.3 Å². The molecule has 6 nitrogen and oxygen atoms in total. The molecule has 2 atom stereocenters. The summed E-state index contributed by atoms with van der Waals surface area (Å²) in [6.45, 7) is 5.86. The summed E-state index contributed by atoms with van der Waals surface area (Å²) in [6.07, 6.45) is -1.06. The summed E-state index contributed by atoms with van der Waals surface area (Å²) in [4.78, 5) is 0. The number of nitrogens with one attached hydrogen (secondary N) is 2. The maximum atomic E-state index is 9.75. The summed E-state index contributed by atoms with van der Waals surface area (Å²) >= 11 is 0. The lowest BCUT2D eigenvalue weighted by Crippen LogP contribution is -2.29. The summed E-state index contributed by atoms with van der Waals surface area (Å²) in [5.41, 5.74) is 2.14. The van der Waals surface area contributed by atoms with E-state index in [2.05, 4.69) is 48.7 Å². The Morgan fingerprint density at radius 3 is 1.38 bits per heavy atom. The minimum Gasteiger partial charge on any atom is -0.491 e. The number of ether oxygens (including phenoxy) is 2. The highest BCUT2D eigenvalue weighted by molar-refractivity contribution is 5.41. The molecule has 2 aromatic carbocycles. The number of rotatable bonds is 12. The van der Waals surface area contributed by atoms with Gasteiger partial charge in [0, 0.05) is 18.5 Å². The molecule has 0 aromatic heterocycles. The van der Waals surface area contributed by atoms with Crippen LogP contribution in [0.2, 0.25) is 0 Å². The predicted octanol–water partition coefficient (Wildman–Crippen LogP) is 1.93. The Morgan fingerprint density at radius 1 is 0.724 bits per heavy atom. The van der Waals surface area contributed by atoms with Gasteiger partial charge in [-0.25, -0.2) is 0 Å². The topological polar surface area (TPSA) is 83.0 Å². The average molecular weight is 403 g/mol. The van der Waals surface area contributed by atoms with Gasteiger partial charge in [-0.1, -0.05) is 38.1 Å². The third-order valence-electron chi connectivity index (χ3n) is 4.92. The Labute approximate surface area is 173 Å². The quantitative estimate of drug-likeness (QED) is 0.434. The zero-order valence-corrected chi connectivity index (χ0v) is 17.8. The molecular weight excluding hydrogens is 368 g/mol. The van der Waals surface area contributed by atoms with Crippen LogP contribution in [0.1, 0.15) is 25.0 Å². The summed E-state index contributed by atoms with van der Waals surface area (Å²) in [7, 11) is 3.60. The smallest absolute Gasteiger partial charge is 0.119 e. The van der Waals surface area contributed by atoms with Gasteiger partial charge >= 0.3 is 0 Å². The minimum absolute atomic E-state index is 0.186. The van der Waals surface area contributed by atoms with Crippen LogP contribution in [0.25, 0.3) is 0 Å². The Kier molecular flexibility index (Phi) is 8.92. The molecule has 0 aliphatic carbocycles. The van der Waals surface area contributed by atoms with Crippen LogP contribution in [-0.2, 0) is 5.41 Å². The molecule has 2 aromatic rings. The molecular formula is C23H34N2O4. The zero-order chi connectivity index (χ0) is 21.3. The van der Waals surface area contributed by atoms with Crippen molar-refractivity contribution in [2.45, 2.75) is 31.5 Å². The van der Waals surface area contributed by atoms with Crippen molar-refractivity contribution in [3.63, 3.8) is 0 Å². The van der Waals surface area contributed by atoms with Crippen molar-refractivity contribution in [2.24, 2.45) is 0 Å². The number of likely N-dealkylation sites (N-methyl/N-ethyl adjacent to an activating group) is 2. The lowest BCUT2D eigenvalue weighted by molar-refractivity contribution is 0.108. The van der Waals surface area contributed by atoms with E-state index in [9.17, 15) is 10.2 Å². The summed E-state index contributed by atoms with van der Waals surface area (Å²) in [5.74, 6) is 1.48. The molecule has 0 bridgehead atoms. The van der Waals surface area contributed by atoms with E-state index in [0.717, 1.165) is 11.5 Å². The molecule has 29 heavy (non-hydrogen) atoms. The van der Waals surface area contributed by atoms with E-state index >= 15 is 0 Å². The molecule has 2 rings (SSSR count). The van der Waals surface area contributed by atoms with Crippen LogP contribution in [0.15, 0.2) is 48.5 Å². The second kappa shape index (κ2) is 11.2. The lowest BCUT2D eigenvalue weighted by Gasteiger charge is -2.26. The van der Waals surface area contributed by atoms with Gasteiger partial charge in [-0.15, -0.1) is 0 Å². The fourth-order valence-corrected chi connectivity index (χ4v) is 3.08. The highest BCUT2D eigenvalue weighted by Crippen LogP contribution is 2.33. The predicted molar refractivity (Wildman–Crippen MR) is 116 cm³/mol. The van der Waals surface area contributed by atoms with Gasteiger partial charge in [0.2, 0.25) is 0 Å². The molecule has 0 heterocycles. The largest absolute Gasteiger partial charge is 0.491 e.